The molecule has 0 fully saturated rings. The molecule has 3 heteroatoms. The van der Waals surface area contributed by atoms with E-state index in [1.54, 1.807) is 0 Å². The van der Waals surface area contributed by atoms with Gasteiger partial charge in [-0.1, -0.05) is 41.5 Å². The van der Waals surface area contributed by atoms with Crippen molar-refractivity contribution in [3.63, 3.8) is 0 Å². The third-order valence-corrected chi connectivity index (χ3v) is 0.671. The Kier molecular flexibility index (Phi) is 10.1. The molecule has 0 unspecified atom stereocenters. The van der Waals surface area contributed by atoms with Crippen molar-refractivity contribution in [1.29, 1.82) is 0 Å². The zero-order chi connectivity index (χ0) is 7.71. The maximum atomic E-state index is 4.54. The molecule has 0 aromatic heterocycles. The van der Waals surface area contributed by atoms with Crippen molar-refractivity contribution < 1.29 is 56.9 Å². The quantitative estimate of drug-likeness (QED) is 0.480. The van der Waals surface area contributed by atoms with E-state index >= 15 is 0 Å². The molecule has 0 aliphatic rings. The third-order valence-electron chi connectivity index (χ3n) is 0.671. The number of hydrogen-bond acceptors (Lipinski definition) is 1. The van der Waals surface area contributed by atoms with Crippen LogP contribution < -0.4 is 51.4 Å². The molecule has 0 aliphatic carbocycles. The Balaban J connectivity index is -0.000000320. The summed E-state index contributed by atoms with van der Waals surface area (Å²) in [6, 6.07) is 0. The normalized spacial score (nSPS) is 11.5. The zero-order valence-corrected chi connectivity index (χ0v) is 12.0. The van der Waals surface area contributed by atoms with Crippen LogP contribution in [0.4, 0.5) is 0 Å². The van der Waals surface area contributed by atoms with E-state index in [1.807, 2.05) is 0 Å². The van der Waals surface area contributed by atoms with Gasteiger partial charge in [0.15, 0.2) is 0 Å². The van der Waals surface area contributed by atoms with Crippen LogP contribution in [-0.2, 0) is 0 Å². The molecule has 0 rings (SSSR count). The predicted molar refractivity (Wildman–Crippen MR) is 44.8 cm³/mol. The standard InChI is InChI=1S/C8H18N.K.H2O/c1-7(2,3)9-8(4,5)6;;/h1-6H3;;1H2/q-1;+1;/p-1. The average Bonchev–Trinajstić information content (AvgIpc) is 1.14. The molecule has 2 nitrogen and oxygen atoms in total. The van der Waals surface area contributed by atoms with E-state index in [0.717, 1.165) is 0 Å². The predicted octanol–water partition coefficient (Wildman–Crippen LogP) is -0.216. The molecule has 0 aliphatic heterocycles. The molecule has 0 saturated heterocycles. The van der Waals surface area contributed by atoms with Crippen LogP contribution in [0.2, 0.25) is 0 Å². The second-order valence-corrected chi connectivity index (χ2v) is 4.45. The SMILES string of the molecule is CC(C)(C)[N-]C(C)(C)C.[K+].[OH-]. The van der Waals surface area contributed by atoms with E-state index in [2.05, 4.69) is 46.9 Å². The fourth-order valence-electron chi connectivity index (χ4n) is 1.01. The Labute approximate surface area is 113 Å². The second-order valence-electron chi connectivity index (χ2n) is 4.45. The van der Waals surface area contributed by atoms with Gasteiger partial charge < -0.3 is 10.8 Å². The van der Waals surface area contributed by atoms with Crippen molar-refractivity contribution in [3.05, 3.63) is 5.32 Å². The smallest absolute Gasteiger partial charge is 0.870 e. The summed E-state index contributed by atoms with van der Waals surface area (Å²) < 4.78 is 0. The van der Waals surface area contributed by atoms with Crippen LogP contribution in [-0.4, -0.2) is 16.6 Å². The van der Waals surface area contributed by atoms with E-state index < -0.39 is 0 Å². The minimum atomic E-state index is 0. The Hall–Kier alpha value is 1.56. The van der Waals surface area contributed by atoms with E-state index in [9.17, 15) is 0 Å². The van der Waals surface area contributed by atoms with Gasteiger partial charge in [-0.25, -0.2) is 0 Å². The van der Waals surface area contributed by atoms with Crippen LogP contribution >= 0.6 is 0 Å². The third kappa shape index (κ3) is 18.5. The first-order valence-electron chi connectivity index (χ1n) is 3.45. The molecule has 0 heterocycles. The van der Waals surface area contributed by atoms with Gasteiger partial charge in [0.25, 0.3) is 0 Å². The molecule has 0 aromatic carbocycles. The number of nitrogens with zero attached hydrogens (tertiary/aromatic N) is 1. The molecule has 0 spiro atoms. The van der Waals surface area contributed by atoms with Gasteiger partial charge in [-0.05, 0) is 0 Å². The van der Waals surface area contributed by atoms with Gasteiger partial charge in [-0.3, -0.25) is 0 Å². The fourth-order valence-corrected chi connectivity index (χ4v) is 1.01. The molecule has 0 aromatic rings. The average molecular weight is 184 g/mol. The maximum absolute atomic E-state index is 4.54. The van der Waals surface area contributed by atoms with Crippen molar-refractivity contribution in [2.24, 2.45) is 0 Å². The van der Waals surface area contributed by atoms with Crippen molar-refractivity contribution in [1.82, 2.24) is 0 Å². The fraction of sp³-hybridized carbons (Fsp3) is 1.00. The Bertz CT molecular complexity index is 79.2. The Morgan fingerprint density at radius 1 is 0.727 bits per heavy atom. The van der Waals surface area contributed by atoms with Crippen LogP contribution in [0.1, 0.15) is 41.5 Å². The summed E-state index contributed by atoms with van der Waals surface area (Å²) in [5.74, 6) is 0. The molecule has 0 bridgehead atoms. The first kappa shape index (κ1) is 18.4. The van der Waals surface area contributed by atoms with Crippen LogP contribution in [0.25, 0.3) is 5.32 Å². The number of rotatable bonds is 0. The molecule has 0 radical (unpaired) electrons. The van der Waals surface area contributed by atoms with E-state index in [1.165, 1.54) is 0 Å². The van der Waals surface area contributed by atoms with Gasteiger partial charge in [0.2, 0.25) is 0 Å². The Morgan fingerprint density at radius 2 is 0.909 bits per heavy atom. The minimum absolute atomic E-state index is 0. The summed E-state index contributed by atoms with van der Waals surface area (Å²) in [7, 11) is 0. The summed E-state index contributed by atoms with van der Waals surface area (Å²) in [6.07, 6.45) is 0. The molecular weight excluding hydrogens is 165 g/mol. The first-order valence-corrected chi connectivity index (χ1v) is 3.45. The number of hydrogen-bond donors (Lipinski definition) is 0. The van der Waals surface area contributed by atoms with Gasteiger partial charge in [0, 0.05) is 0 Å². The summed E-state index contributed by atoms with van der Waals surface area (Å²) >= 11 is 0. The van der Waals surface area contributed by atoms with Crippen LogP contribution in [0.3, 0.4) is 0 Å². The van der Waals surface area contributed by atoms with E-state index in [0.29, 0.717) is 0 Å². The van der Waals surface area contributed by atoms with Gasteiger partial charge in [0.05, 0.1) is 0 Å². The van der Waals surface area contributed by atoms with Crippen LogP contribution in [0.5, 0.6) is 0 Å². The first-order chi connectivity index (χ1) is 3.71. The van der Waals surface area contributed by atoms with E-state index in [4.69, 9.17) is 0 Å². The minimum Gasteiger partial charge on any atom is -0.870 e. The van der Waals surface area contributed by atoms with E-state index in [-0.39, 0.29) is 67.9 Å². The molecule has 1 N–H and O–H groups in total. The van der Waals surface area contributed by atoms with Gasteiger partial charge in [-0.2, -0.15) is 0 Å². The van der Waals surface area contributed by atoms with Crippen molar-refractivity contribution in [2.75, 3.05) is 0 Å². The largest absolute Gasteiger partial charge is 1.00 e. The van der Waals surface area contributed by atoms with Gasteiger partial charge >= 0.3 is 51.4 Å². The van der Waals surface area contributed by atoms with Crippen molar-refractivity contribution >= 4 is 0 Å². The maximum Gasteiger partial charge on any atom is 1.00 e. The van der Waals surface area contributed by atoms with Crippen LogP contribution in [0.15, 0.2) is 0 Å². The summed E-state index contributed by atoms with van der Waals surface area (Å²) in [4.78, 5) is 0. The van der Waals surface area contributed by atoms with Crippen molar-refractivity contribution in [2.45, 2.75) is 52.6 Å². The summed E-state index contributed by atoms with van der Waals surface area (Å²) in [5, 5.41) is 4.54. The zero-order valence-electron chi connectivity index (χ0n) is 8.89. The van der Waals surface area contributed by atoms with Gasteiger partial charge in [0.1, 0.15) is 0 Å². The molecule has 0 saturated carbocycles. The topological polar surface area (TPSA) is 44.1 Å². The molecule has 64 valence electrons. The monoisotopic (exact) mass is 184 g/mol. The molecule has 0 amide bonds. The summed E-state index contributed by atoms with van der Waals surface area (Å²) in [5.41, 5.74) is 0.219. The molecular formula is C8H19KNO-. The Morgan fingerprint density at radius 3 is 0.909 bits per heavy atom. The van der Waals surface area contributed by atoms with Crippen LogP contribution in [0, 0.1) is 0 Å². The summed E-state index contributed by atoms with van der Waals surface area (Å²) in [6.45, 7) is 12.7. The second kappa shape index (κ2) is 6.08. The molecule has 0 atom stereocenters. The molecule has 11 heavy (non-hydrogen) atoms. The van der Waals surface area contributed by atoms with Crippen molar-refractivity contribution in [3.8, 4) is 0 Å². The van der Waals surface area contributed by atoms with Gasteiger partial charge in [-0.15, -0.1) is 11.1 Å².